The first-order valence-corrected chi connectivity index (χ1v) is 6.63. The van der Waals surface area contributed by atoms with Crippen molar-refractivity contribution in [1.29, 1.82) is 0 Å². The average molecular weight is 273 g/mol. The minimum absolute atomic E-state index is 0.0818. The Morgan fingerprint density at radius 3 is 2.67 bits per heavy atom. The third-order valence-corrected chi connectivity index (χ3v) is 3.67. The molecule has 0 saturated heterocycles. The molecule has 4 nitrogen and oxygen atoms in total. The second kappa shape index (κ2) is 4.22. The van der Waals surface area contributed by atoms with E-state index in [1.165, 1.54) is 0 Å². The van der Waals surface area contributed by atoms with E-state index < -0.39 is 0 Å². The van der Waals surface area contributed by atoms with Crippen molar-refractivity contribution in [1.82, 2.24) is 14.0 Å². The Kier molecular flexibility index (Phi) is 2.36. The highest BCUT2D eigenvalue weighted by Gasteiger charge is 2.15. The van der Waals surface area contributed by atoms with E-state index in [0.717, 1.165) is 22.2 Å². The normalized spacial score (nSPS) is 11.2. The van der Waals surface area contributed by atoms with Gasteiger partial charge in [-0.1, -0.05) is 30.2 Å². The summed E-state index contributed by atoms with van der Waals surface area (Å²) in [6, 6.07) is 13.3. The number of aromatic nitrogens is 3. The van der Waals surface area contributed by atoms with Gasteiger partial charge in [0.15, 0.2) is 0 Å². The number of imidazole rings is 1. The van der Waals surface area contributed by atoms with E-state index in [2.05, 4.69) is 10.9 Å². The highest BCUT2D eigenvalue weighted by Crippen LogP contribution is 2.23. The molecular weight excluding hydrogens is 262 g/mol. The van der Waals surface area contributed by atoms with Crippen LogP contribution < -0.4 is 5.56 Å². The highest BCUT2D eigenvalue weighted by atomic mass is 16.1. The van der Waals surface area contributed by atoms with E-state index in [0.29, 0.717) is 5.39 Å². The fourth-order valence-corrected chi connectivity index (χ4v) is 2.78. The van der Waals surface area contributed by atoms with Gasteiger partial charge < -0.3 is 0 Å². The number of rotatable bonds is 1. The smallest absolute Gasteiger partial charge is 0.261 e. The van der Waals surface area contributed by atoms with Crippen molar-refractivity contribution in [2.75, 3.05) is 0 Å². The van der Waals surface area contributed by atoms with Crippen LogP contribution in [0, 0.1) is 12.3 Å². The van der Waals surface area contributed by atoms with E-state index >= 15 is 0 Å². The van der Waals surface area contributed by atoms with Crippen LogP contribution in [-0.2, 0) is 6.54 Å². The van der Waals surface area contributed by atoms with Gasteiger partial charge in [0.2, 0.25) is 0 Å². The molecule has 4 heteroatoms. The van der Waals surface area contributed by atoms with Crippen LogP contribution in [-0.4, -0.2) is 14.0 Å². The number of fused-ring (bicyclic) bond motifs is 5. The van der Waals surface area contributed by atoms with E-state index in [9.17, 15) is 4.79 Å². The SMILES string of the molecule is C#CCn1c(=O)c2ccccc2c2nc3ccccn3c21. The Morgan fingerprint density at radius 2 is 1.86 bits per heavy atom. The molecule has 0 aliphatic heterocycles. The molecule has 0 unspecified atom stereocenters. The molecule has 0 atom stereocenters. The molecule has 0 radical (unpaired) electrons. The van der Waals surface area contributed by atoms with Crippen LogP contribution in [0.1, 0.15) is 0 Å². The number of hydrogen-bond donors (Lipinski definition) is 0. The zero-order valence-electron chi connectivity index (χ0n) is 11.2. The molecule has 21 heavy (non-hydrogen) atoms. The molecule has 0 fully saturated rings. The van der Waals surface area contributed by atoms with Crippen LogP contribution in [0.25, 0.3) is 27.6 Å². The van der Waals surface area contributed by atoms with Gasteiger partial charge in [-0.05, 0) is 18.2 Å². The lowest BCUT2D eigenvalue weighted by Gasteiger charge is -2.07. The van der Waals surface area contributed by atoms with Crippen molar-refractivity contribution in [3.63, 3.8) is 0 Å². The average Bonchev–Trinajstić information content (AvgIpc) is 2.91. The minimum Gasteiger partial charge on any atom is -0.285 e. The maximum absolute atomic E-state index is 12.7. The van der Waals surface area contributed by atoms with Gasteiger partial charge in [0.25, 0.3) is 5.56 Å². The van der Waals surface area contributed by atoms with Crippen molar-refractivity contribution in [2.45, 2.75) is 6.54 Å². The molecule has 4 rings (SSSR count). The molecular formula is C17H11N3O. The molecule has 0 spiro atoms. The van der Waals surface area contributed by atoms with Gasteiger partial charge in [-0.2, -0.15) is 0 Å². The van der Waals surface area contributed by atoms with E-state index in [1.54, 1.807) is 4.57 Å². The predicted octanol–water partition coefficient (Wildman–Crippen LogP) is 2.44. The molecule has 3 heterocycles. The fourth-order valence-electron chi connectivity index (χ4n) is 2.78. The third-order valence-electron chi connectivity index (χ3n) is 3.67. The lowest BCUT2D eigenvalue weighted by atomic mass is 10.1. The van der Waals surface area contributed by atoms with E-state index in [4.69, 9.17) is 6.42 Å². The first-order chi connectivity index (χ1) is 10.3. The molecule has 100 valence electrons. The van der Waals surface area contributed by atoms with E-state index in [-0.39, 0.29) is 12.1 Å². The van der Waals surface area contributed by atoms with Crippen molar-refractivity contribution in [2.24, 2.45) is 0 Å². The maximum atomic E-state index is 12.7. The number of pyridine rings is 2. The number of nitrogens with zero attached hydrogens (tertiary/aromatic N) is 3. The summed E-state index contributed by atoms with van der Waals surface area (Å²) in [5.74, 6) is 2.56. The first-order valence-electron chi connectivity index (χ1n) is 6.63. The van der Waals surface area contributed by atoms with Crippen LogP contribution in [0.4, 0.5) is 0 Å². The molecule has 0 bridgehead atoms. The Labute approximate surface area is 120 Å². The van der Waals surface area contributed by atoms with Gasteiger partial charge in [-0.25, -0.2) is 4.98 Å². The fraction of sp³-hybridized carbons (Fsp3) is 0.0588. The summed E-state index contributed by atoms with van der Waals surface area (Å²) in [5.41, 5.74) is 2.26. The van der Waals surface area contributed by atoms with Gasteiger partial charge >= 0.3 is 0 Å². The molecule has 3 aromatic heterocycles. The molecule has 1 aromatic carbocycles. The van der Waals surface area contributed by atoms with Gasteiger partial charge in [-0.15, -0.1) is 6.42 Å². The Morgan fingerprint density at radius 1 is 1.10 bits per heavy atom. The van der Waals surface area contributed by atoms with E-state index in [1.807, 2.05) is 53.1 Å². The zero-order valence-corrected chi connectivity index (χ0v) is 11.2. The summed E-state index contributed by atoms with van der Waals surface area (Å²) >= 11 is 0. The lowest BCUT2D eigenvalue weighted by Crippen LogP contribution is -2.21. The Balaban J connectivity index is 2.39. The van der Waals surface area contributed by atoms with Crippen molar-refractivity contribution >= 4 is 27.6 Å². The van der Waals surface area contributed by atoms with Crippen LogP contribution in [0.3, 0.4) is 0 Å². The first kappa shape index (κ1) is 11.7. The lowest BCUT2D eigenvalue weighted by molar-refractivity contribution is 0.826. The molecule has 0 aliphatic carbocycles. The Bertz CT molecular complexity index is 1100. The van der Waals surface area contributed by atoms with Crippen LogP contribution >= 0.6 is 0 Å². The highest BCUT2D eigenvalue weighted by molar-refractivity contribution is 6.03. The summed E-state index contributed by atoms with van der Waals surface area (Å²) in [5, 5.41) is 1.50. The summed E-state index contributed by atoms with van der Waals surface area (Å²) < 4.78 is 3.51. The molecule has 0 saturated carbocycles. The van der Waals surface area contributed by atoms with Crippen molar-refractivity contribution in [3.8, 4) is 12.3 Å². The summed E-state index contributed by atoms with van der Waals surface area (Å²) in [7, 11) is 0. The second-order valence-electron chi connectivity index (χ2n) is 4.85. The molecule has 0 aliphatic rings. The van der Waals surface area contributed by atoms with Gasteiger partial charge in [0.1, 0.15) is 16.8 Å². The molecule has 4 aromatic rings. The van der Waals surface area contributed by atoms with Gasteiger partial charge in [0.05, 0.1) is 6.54 Å². The minimum atomic E-state index is -0.0818. The van der Waals surface area contributed by atoms with Gasteiger partial charge in [-0.3, -0.25) is 13.8 Å². The Hall–Kier alpha value is -3.06. The topological polar surface area (TPSA) is 39.3 Å². The van der Waals surface area contributed by atoms with Crippen LogP contribution in [0.15, 0.2) is 53.5 Å². The van der Waals surface area contributed by atoms with Crippen molar-refractivity contribution in [3.05, 3.63) is 59.0 Å². The number of hydrogen-bond acceptors (Lipinski definition) is 2. The second-order valence-corrected chi connectivity index (χ2v) is 4.85. The third kappa shape index (κ3) is 1.52. The quantitative estimate of drug-likeness (QED) is 0.500. The van der Waals surface area contributed by atoms with Gasteiger partial charge in [0, 0.05) is 17.0 Å². The molecule has 0 amide bonds. The number of benzene rings is 1. The monoisotopic (exact) mass is 273 g/mol. The zero-order chi connectivity index (χ0) is 14.4. The summed E-state index contributed by atoms with van der Waals surface area (Å²) in [6.45, 7) is 0.225. The standard InChI is InChI=1S/C17H11N3O/c1-2-10-20-16-15(18-14-9-5-6-11-19(14)16)12-7-3-4-8-13(12)17(20)21/h1,3-9,11H,10H2. The predicted molar refractivity (Wildman–Crippen MR) is 83.3 cm³/mol. The molecule has 0 N–H and O–H groups in total. The number of terminal acetylenes is 1. The maximum Gasteiger partial charge on any atom is 0.261 e. The van der Waals surface area contributed by atoms with Crippen LogP contribution in [0.2, 0.25) is 0 Å². The van der Waals surface area contributed by atoms with Crippen LogP contribution in [0.5, 0.6) is 0 Å². The van der Waals surface area contributed by atoms with Crippen molar-refractivity contribution < 1.29 is 0 Å². The largest absolute Gasteiger partial charge is 0.285 e. The summed E-state index contributed by atoms with van der Waals surface area (Å²) in [4.78, 5) is 17.4. The summed E-state index contributed by atoms with van der Waals surface area (Å²) in [6.07, 6.45) is 7.33.